The fourth-order valence-electron chi connectivity index (χ4n) is 1.74. The maximum Gasteiger partial charge on any atom is 0.151 e. The first kappa shape index (κ1) is 10.6. The lowest BCUT2D eigenvalue weighted by Crippen LogP contribution is -1.95. The number of carbonyl (C=O) groups is 1. The Bertz CT molecular complexity index is 506. The molecule has 0 N–H and O–H groups in total. The van der Waals surface area contributed by atoms with Crippen LogP contribution >= 0.6 is 0 Å². The molecule has 80 valence electrons. The molecular weight excluding hydrogens is 198 g/mol. The van der Waals surface area contributed by atoms with Gasteiger partial charge in [0.2, 0.25) is 0 Å². The van der Waals surface area contributed by atoms with Gasteiger partial charge >= 0.3 is 0 Å². The summed E-state index contributed by atoms with van der Waals surface area (Å²) < 4.78 is 0. The van der Waals surface area contributed by atoms with Gasteiger partial charge in [-0.1, -0.05) is 29.8 Å². The van der Waals surface area contributed by atoms with E-state index in [1.807, 2.05) is 12.1 Å². The Labute approximate surface area is 95.0 Å². The monoisotopic (exact) mass is 211 g/mol. The number of rotatable bonds is 3. The first-order valence-corrected chi connectivity index (χ1v) is 5.23. The minimum Gasteiger partial charge on any atom is -0.298 e. The standard InChI is InChI=1S/C14H13NO/c1-11-3-2-4-12(7-11)8-13-5-6-15-9-14(13)10-16/h2-7,9-10H,8H2,1H3. The highest BCUT2D eigenvalue weighted by atomic mass is 16.1. The van der Waals surface area contributed by atoms with Crippen molar-refractivity contribution in [1.29, 1.82) is 0 Å². The second kappa shape index (κ2) is 4.71. The summed E-state index contributed by atoms with van der Waals surface area (Å²) in [6.45, 7) is 2.07. The van der Waals surface area contributed by atoms with E-state index in [0.29, 0.717) is 5.56 Å². The van der Waals surface area contributed by atoms with Crippen molar-refractivity contribution >= 4 is 6.29 Å². The molecular formula is C14H13NO. The number of nitrogens with zero attached hydrogens (tertiary/aromatic N) is 1. The second-order valence-corrected chi connectivity index (χ2v) is 3.86. The van der Waals surface area contributed by atoms with E-state index in [0.717, 1.165) is 18.3 Å². The van der Waals surface area contributed by atoms with Gasteiger partial charge in [0.1, 0.15) is 0 Å². The number of aryl methyl sites for hydroxylation is 1. The summed E-state index contributed by atoms with van der Waals surface area (Å²) in [6.07, 6.45) is 4.96. The van der Waals surface area contributed by atoms with E-state index in [4.69, 9.17) is 0 Å². The first-order valence-electron chi connectivity index (χ1n) is 5.23. The molecule has 1 aromatic carbocycles. The quantitative estimate of drug-likeness (QED) is 0.731. The molecule has 0 atom stereocenters. The molecule has 0 saturated carbocycles. The molecule has 2 heteroatoms. The fourth-order valence-corrected chi connectivity index (χ4v) is 1.74. The molecule has 1 heterocycles. The molecule has 0 aliphatic rings. The third-order valence-corrected chi connectivity index (χ3v) is 2.55. The number of aldehydes is 1. The maximum absolute atomic E-state index is 10.8. The van der Waals surface area contributed by atoms with Crippen molar-refractivity contribution in [2.24, 2.45) is 0 Å². The van der Waals surface area contributed by atoms with Crippen molar-refractivity contribution < 1.29 is 4.79 Å². The molecule has 0 unspecified atom stereocenters. The summed E-state index contributed by atoms with van der Waals surface area (Å²) in [4.78, 5) is 14.8. The minimum absolute atomic E-state index is 0.670. The molecule has 1 aromatic heterocycles. The molecule has 0 amide bonds. The average molecular weight is 211 g/mol. The predicted molar refractivity (Wildman–Crippen MR) is 63.6 cm³/mol. The van der Waals surface area contributed by atoms with Gasteiger partial charge in [-0.15, -0.1) is 0 Å². The van der Waals surface area contributed by atoms with Gasteiger partial charge < -0.3 is 0 Å². The molecule has 0 spiro atoms. The van der Waals surface area contributed by atoms with Crippen LogP contribution in [0.1, 0.15) is 27.0 Å². The predicted octanol–water partition coefficient (Wildman–Crippen LogP) is 2.79. The Hall–Kier alpha value is -1.96. The largest absolute Gasteiger partial charge is 0.298 e. The third kappa shape index (κ3) is 2.34. The summed E-state index contributed by atoms with van der Waals surface area (Å²) in [7, 11) is 0. The zero-order chi connectivity index (χ0) is 11.4. The molecule has 0 saturated heterocycles. The van der Waals surface area contributed by atoms with Gasteiger partial charge in [0, 0.05) is 18.0 Å². The Balaban J connectivity index is 2.30. The van der Waals surface area contributed by atoms with E-state index >= 15 is 0 Å². The number of hydrogen-bond acceptors (Lipinski definition) is 2. The molecule has 16 heavy (non-hydrogen) atoms. The molecule has 0 radical (unpaired) electrons. The summed E-state index contributed by atoms with van der Waals surface area (Å²) >= 11 is 0. The van der Waals surface area contributed by atoms with Crippen LogP contribution in [0.2, 0.25) is 0 Å². The van der Waals surface area contributed by atoms with E-state index in [9.17, 15) is 4.79 Å². The van der Waals surface area contributed by atoms with Gasteiger partial charge in [-0.2, -0.15) is 0 Å². The lowest BCUT2D eigenvalue weighted by atomic mass is 10.0. The van der Waals surface area contributed by atoms with Crippen LogP contribution in [-0.4, -0.2) is 11.3 Å². The molecule has 0 aliphatic carbocycles. The second-order valence-electron chi connectivity index (χ2n) is 3.86. The van der Waals surface area contributed by atoms with Crippen LogP contribution in [0.5, 0.6) is 0 Å². The molecule has 0 aliphatic heterocycles. The average Bonchev–Trinajstić information content (AvgIpc) is 2.30. The molecule has 0 fully saturated rings. The summed E-state index contributed by atoms with van der Waals surface area (Å²) in [5, 5.41) is 0. The van der Waals surface area contributed by atoms with Crippen molar-refractivity contribution in [2.45, 2.75) is 13.3 Å². The van der Waals surface area contributed by atoms with Crippen LogP contribution in [0, 0.1) is 6.92 Å². The van der Waals surface area contributed by atoms with E-state index in [1.165, 1.54) is 11.1 Å². The first-order chi connectivity index (χ1) is 7.79. The molecule has 2 rings (SSSR count). The van der Waals surface area contributed by atoms with Crippen molar-refractivity contribution in [1.82, 2.24) is 4.98 Å². The fraction of sp³-hybridized carbons (Fsp3) is 0.143. The van der Waals surface area contributed by atoms with Gasteiger partial charge in [0.15, 0.2) is 6.29 Å². The number of carbonyl (C=O) groups excluding carboxylic acids is 1. The third-order valence-electron chi connectivity index (χ3n) is 2.55. The summed E-state index contributed by atoms with van der Waals surface area (Å²) in [5.74, 6) is 0. The summed E-state index contributed by atoms with van der Waals surface area (Å²) in [5.41, 5.74) is 4.15. The van der Waals surface area contributed by atoms with E-state index in [2.05, 4.69) is 30.1 Å². The SMILES string of the molecule is Cc1cccc(Cc2ccncc2C=O)c1. The normalized spacial score (nSPS) is 10.1. The van der Waals surface area contributed by atoms with Crippen LogP contribution in [0.4, 0.5) is 0 Å². The van der Waals surface area contributed by atoms with Gasteiger partial charge in [-0.05, 0) is 30.5 Å². The Morgan fingerprint density at radius 3 is 2.94 bits per heavy atom. The van der Waals surface area contributed by atoms with E-state index < -0.39 is 0 Å². The smallest absolute Gasteiger partial charge is 0.151 e. The van der Waals surface area contributed by atoms with E-state index in [1.54, 1.807) is 12.4 Å². The number of hydrogen-bond donors (Lipinski definition) is 0. The molecule has 0 bridgehead atoms. The number of pyridine rings is 1. The maximum atomic E-state index is 10.8. The lowest BCUT2D eigenvalue weighted by molar-refractivity contribution is 0.112. The van der Waals surface area contributed by atoms with Crippen molar-refractivity contribution in [3.05, 3.63) is 65.0 Å². The summed E-state index contributed by atoms with van der Waals surface area (Å²) in [6, 6.07) is 10.2. The Kier molecular flexibility index (Phi) is 3.10. The van der Waals surface area contributed by atoms with Gasteiger partial charge in [0.25, 0.3) is 0 Å². The zero-order valence-electron chi connectivity index (χ0n) is 9.18. The number of benzene rings is 1. The van der Waals surface area contributed by atoms with Crippen molar-refractivity contribution in [2.75, 3.05) is 0 Å². The van der Waals surface area contributed by atoms with Crippen LogP contribution in [0.3, 0.4) is 0 Å². The van der Waals surface area contributed by atoms with Crippen molar-refractivity contribution in [3.8, 4) is 0 Å². The number of aromatic nitrogens is 1. The van der Waals surface area contributed by atoms with Gasteiger partial charge in [-0.3, -0.25) is 9.78 Å². The van der Waals surface area contributed by atoms with E-state index in [-0.39, 0.29) is 0 Å². The van der Waals surface area contributed by atoms with Crippen LogP contribution in [-0.2, 0) is 6.42 Å². The van der Waals surface area contributed by atoms with Gasteiger partial charge in [0.05, 0.1) is 0 Å². The lowest BCUT2D eigenvalue weighted by Gasteiger charge is -2.05. The van der Waals surface area contributed by atoms with Gasteiger partial charge in [-0.25, -0.2) is 0 Å². The zero-order valence-corrected chi connectivity index (χ0v) is 9.18. The highest BCUT2D eigenvalue weighted by Gasteiger charge is 2.02. The minimum atomic E-state index is 0.670. The molecule has 2 nitrogen and oxygen atoms in total. The molecule has 2 aromatic rings. The highest BCUT2D eigenvalue weighted by molar-refractivity contribution is 5.76. The topological polar surface area (TPSA) is 30.0 Å². The van der Waals surface area contributed by atoms with Crippen LogP contribution in [0.15, 0.2) is 42.7 Å². The Morgan fingerprint density at radius 1 is 1.31 bits per heavy atom. The highest BCUT2D eigenvalue weighted by Crippen LogP contribution is 2.13. The van der Waals surface area contributed by atoms with Crippen molar-refractivity contribution in [3.63, 3.8) is 0 Å². The van der Waals surface area contributed by atoms with Crippen LogP contribution < -0.4 is 0 Å². The van der Waals surface area contributed by atoms with Crippen LogP contribution in [0.25, 0.3) is 0 Å². The Morgan fingerprint density at radius 2 is 2.19 bits per heavy atom.